The van der Waals surface area contributed by atoms with E-state index in [0.717, 1.165) is 18.8 Å². The van der Waals surface area contributed by atoms with Gasteiger partial charge in [-0.1, -0.05) is 12.2 Å². The van der Waals surface area contributed by atoms with Crippen molar-refractivity contribution in [1.82, 2.24) is 0 Å². The molecule has 1 unspecified atom stereocenters. The van der Waals surface area contributed by atoms with E-state index in [9.17, 15) is 4.79 Å². The van der Waals surface area contributed by atoms with Gasteiger partial charge >= 0.3 is 5.97 Å². The average Bonchev–Trinajstić information content (AvgIpc) is 2.94. The SMILES string of the molecule is COC(=O)CCCC=CCC1[CH]C1. The topological polar surface area (TPSA) is 26.3 Å². The van der Waals surface area contributed by atoms with Crippen LogP contribution >= 0.6 is 0 Å². The minimum Gasteiger partial charge on any atom is -0.469 e. The van der Waals surface area contributed by atoms with E-state index in [-0.39, 0.29) is 5.97 Å². The fraction of sp³-hybridized carbons (Fsp3) is 0.636. The summed E-state index contributed by atoms with van der Waals surface area (Å²) in [5.74, 6) is 0.737. The van der Waals surface area contributed by atoms with Crippen molar-refractivity contribution in [3.8, 4) is 0 Å². The summed E-state index contributed by atoms with van der Waals surface area (Å²) in [5.41, 5.74) is 0. The molecule has 0 amide bonds. The summed E-state index contributed by atoms with van der Waals surface area (Å²) in [5, 5.41) is 0. The van der Waals surface area contributed by atoms with Gasteiger partial charge in [0.05, 0.1) is 7.11 Å². The van der Waals surface area contributed by atoms with Crippen molar-refractivity contribution < 1.29 is 9.53 Å². The predicted molar refractivity (Wildman–Crippen MR) is 52.0 cm³/mol. The summed E-state index contributed by atoms with van der Waals surface area (Å²) in [6, 6.07) is 0. The van der Waals surface area contributed by atoms with Crippen LogP contribution < -0.4 is 0 Å². The van der Waals surface area contributed by atoms with Gasteiger partial charge in [-0.05, 0) is 38.0 Å². The van der Waals surface area contributed by atoms with Crippen LogP contribution in [0.3, 0.4) is 0 Å². The lowest BCUT2D eigenvalue weighted by Crippen LogP contribution is -1.98. The Labute approximate surface area is 80.0 Å². The number of carbonyl (C=O) groups is 1. The third kappa shape index (κ3) is 5.45. The molecular formula is C11H17O2. The van der Waals surface area contributed by atoms with Crippen LogP contribution in [-0.2, 0) is 9.53 Å². The molecule has 73 valence electrons. The van der Waals surface area contributed by atoms with Crippen molar-refractivity contribution >= 4 is 5.97 Å². The Morgan fingerprint density at radius 2 is 2.38 bits per heavy atom. The molecule has 0 N–H and O–H groups in total. The number of rotatable bonds is 6. The minimum atomic E-state index is -0.107. The maximum atomic E-state index is 10.7. The highest BCUT2D eigenvalue weighted by atomic mass is 16.5. The Morgan fingerprint density at radius 1 is 1.62 bits per heavy atom. The quantitative estimate of drug-likeness (QED) is 0.357. The molecule has 0 aromatic heterocycles. The second-order valence-corrected chi connectivity index (χ2v) is 3.41. The third-order valence-electron chi connectivity index (χ3n) is 2.15. The second-order valence-electron chi connectivity index (χ2n) is 3.41. The smallest absolute Gasteiger partial charge is 0.305 e. The Hall–Kier alpha value is -0.790. The molecule has 0 saturated heterocycles. The summed E-state index contributed by atoms with van der Waals surface area (Å²) in [6.07, 6.45) is 11.6. The van der Waals surface area contributed by atoms with Crippen LogP contribution in [0.25, 0.3) is 0 Å². The first-order valence-electron chi connectivity index (χ1n) is 4.88. The van der Waals surface area contributed by atoms with Crippen molar-refractivity contribution in [2.24, 2.45) is 5.92 Å². The van der Waals surface area contributed by atoms with Crippen LogP contribution in [0.5, 0.6) is 0 Å². The first-order chi connectivity index (χ1) is 6.33. The highest BCUT2D eigenvalue weighted by Gasteiger charge is 2.19. The van der Waals surface area contributed by atoms with Crippen LogP contribution in [0.4, 0.5) is 0 Å². The molecule has 1 atom stereocenters. The van der Waals surface area contributed by atoms with Gasteiger partial charge in [-0.3, -0.25) is 4.79 Å². The maximum Gasteiger partial charge on any atom is 0.305 e. The number of unbranched alkanes of at least 4 members (excludes halogenated alkanes) is 1. The van der Waals surface area contributed by atoms with E-state index in [1.165, 1.54) is 20.0 Å². The van der Waals surface area contributed by atoms with Crippen LogP contribution in [0.2, 0.25) is 0 Å². The molecule has 0 spiro atoms. The molecule has 1 aliphatic rings. The molecule has 1 aliphatic carbocycles. The Morgan fingerprint density at radius 3 is 3.00 bits per heavy atom. The van der Waals surface area contributed by atoms with Gasteiger partial charge in [0.15, 0.2) is 0 Å². The summed E-state index contributed by atoms with van der Waals surface area (Å²) in [4.78, 5) is 10.7. The van der Waals surface area contributed by atoms with E-state index in [1.807, 2.05) is 0 Å². The van der Waals surface area contributed by atoms with Gasteiger partial charge in [0.2, 0.25) is 0 Å². The molecule has 2 nitrogen and oxygen atoms in total. The highest BCUT2D eigenvalue weighted by molar-refractivity contribution is 5.68. The lowest BCUT2D eigenvalue weighted by molar-refractivity contribution is -0.140. The van der Waals surface area contributed by atoms with Gasteiger partial charge in [0.25, 0.3) is 0 Å². The number of hydrogen-bond acceptors (Lipinski definition) is 2. The third-order valence-corrected chi connectivity index (χ3v) is 2.15. The number of allylic oxidation sites excluding steroid dienone is 2. The molecule has 1 rings (SSSR count). The lowest BCUT2D eigenvalue weighted by atomic mass is 10.2. The van der Waals surface area contributed by atoms with E-state index in [1.54, 1.807) is 0 Å². The molecule has 0 aromatic rings. The van der Waals surface area contributed by atoms with Crippen LogP contribution in [0, 0.1) is 12.3 Å². The number of esters is 1. The van der Waals surface area contributed by atoms with E-state index >= 15 is 0 Å². The summed E-state index contributed by atoms with van der Waals surface area (Å²) >= 11 is 0. The van der Waals surface area contributed by atoms with Crippen molar-refractivity contribution in [3.63, 3.8) is 0 Å². The average molecular weight is 181 g/mol. The Bertz CT molecular complexity index is 181. The normalized spacial score (nSPS) is 16.4. The van der Waals surface area contributed by atoms with Crippen molar-refractivity contribution in [2.45, 2.75) is 32.1 Å². The number of hydrogen-bond donors (Lipinski definition) is 0. The first-order valence-corrected chi connectivity index (χ1v) is 4.88. The van der Waals surface area contributed by atoms with Crippen LogP contribution in [-0.4, -0.2) is 13.1 Å². The zero-order chi connectivity index (χ0) is 9.52. The van der Waals surface area contributed by atoms with Gasteiger partial charge in [0.1, 0.15) is 0 Å². The number of ether oxygens (including phenoxy) is 1. The fourth-order valence-electron chi connectivity index (χ4n) is 1.14. The van der Waals surface area contributed by atoms with Crippen molar-refractivity contribution in [1.29, 1.82) is 0 Å². The predicted octanol–water partition coefficient (Wildman–Crippen LogP) is 2.50. The van der Waals surface area contributed by atoms with E-state index in [2.05, 4.69) is 23.3 Å². The molecule has 2 heteroatoms. The molecule has 1 radical (unpaired) electrons. The zero-order valence-electron chi connectivity index (χ0n) is 8.16. The van der Waals surface area contributed by atoms with Crippen molar-refractivity contribution in [2.75, 3.05) is 7.11 Å². The number of methoxy groups -OCH3 is 1. The zero-order valence-corrected chi connectivity index (χ0v) is 8.16. The summed E-state index contributed by atoms with van der Waals surface area (Å²) in [7, 11) is 1.43. The Balaban J connectivity index is 1.87. The van der Waals surface area contributed by atoms with Crippen LogP contribution in [0.15, 0.2) is 12.2 Å². The maximum absolute atomic E-state index is 10.7. The summed E-state index contributed by atoms with van der Waals surface area (Å²) < 4.78 is 4.54. The Kier molecular flexibility index (Phi) is 4.58. The van der Waals surface area contributed by atoms with Gasteiger partial charge in [0, 0.05) is 6.42 Å². The molecule has 0 aliphatic heterocycles. The largest absolute Gasteiger partial charge is 0.469 e. The lowest BCUT2D eigenvalue weighted by Gasteiger charge is -1.95. The fourth-order valence-corrected chi connectivity index (χ4v) is 1.14. The van der Waals surface area contributed by atoms with Gasteiger partial charge in [-0.2, -0.15) is 0 Å². The van der Waals surface area contributed by atoms with Gasteiger partial charge in [-0.15, -0.1) is 0 Å². The molecular weight excluding hydrogens is 164 g/mol. The molecule has 1 fully saturated rings. The molecule has 0 bridgehead atoms. The molecule has 0 heterocycles. The monoisotopic (exact) mass is 181 g/mol. The van der Waals surface area contributed by atoms with Crippen molar-refractivity contribution in [3.05, 3.63) is 18.6 Å². The van der Waals surface area contributed by atoms with E-state index in [4.69, 9.17) is 0 Å². The van der Waals surface area contributed by atoms with E-state index < -0.39 is 0 Å². The highest BCUT2D eigenvalue weighted by Crippen LogP contribution is 2.31. The van der Waals surface area contributed by atoms with Crippen LogP contribution in [0.1, 0.15) is 32.1 Å². The van der Waals surface area contributed by atoms with Gasteiger partial charge in [-0.25, -0.2) is 0 Å². The first kappa shape index (κ1) is 10.3. The summed E-state index contributed by atoms with van der Waals surface area (Å²) in [6.45, 7) is 0. The second kappa shape index (κ2) is 5.79. The van der Waals surface area contributed by atoms with E-state index in [0.29, 0.717) is 6.42 Å². The standard InChI is InChI=1S/C11H17O2/c1-13-11(12)7-5-3-2-4-6-10-8-9-10/h2,4,8,10H,3,5-7,9H2,1H3. The number of carbonyl (C=O) groups excluding carboxylic acids is 1. The minimum absolute atomic E-state index is 0.107. The molecule has 0 aromatic carbocycles. The molecule has 1 saturated carbocycles. The molecule has 13 heavy (non-hydrogen) atoms. The van der Waals surface area contributed by atoms with Gasteiger partial charge < -0.3 is 4.74 Å².